The Balaban J connectivity index is 0.00000400. The van der Waals surface area contributed by atoms with Crippen LogP contribution in [0.25, 0.3) is 0 Å². The molecule has 0 bridgehead atoms. The molecule has 0 aromatic heterocycles. The van der Waals surface area contributed by atoms with E-state index in [2.05, 4.69) is 28.8 Å². The summed E-state index contributed by atoms with van der Waals surface area (Å²) < 4.78 is 5.56. The fourth-order valence-corrected chi connectivity index (χ4v) is 3.14. The van der Waals surface area contributed by atoms with Crippen molar-refractivity contribution < 1.29 is 4.74 Å². The van der Waals surface area contributed by atoms with Gasteiger partial charge < -0.3 is 15.4 Å². The number of nitrogens with one attached hydrogen (secondary N) is 2. The van der Waals surface area contributed by atoms with Crippen LogP contribution in [0.15, 0.2) is 4.99 Å². The minimum atomic E-state index is 0. The highest BCUT2D eigenvalue weighted by molar-refractivity contribution is 14.0. The lowest BCUT2D eigenvalue weighted by Crippen LogP contribution is -2.44. The first-order valence-electron chi connectivity index (χ1n) is 7.77. The molecule has 6 heteroatoms. The van der Waals surface area contributed by atoms with E-state index in [1.165, 1.54) is 25.7 Å². The molecule has 2 N–H and O–H groups in total. The molecule has 1 aliphatic rings. The molecular formula is C15H32IN3OS. The molecule has 4 nitrogen and oxygen atoms in total. The van der Waals surface area contributed by atoms with Crippen molar-refractivity contribution in [2.45, 2.75) is 39.0 Å². The Hall–Kier alpha value is 0.310. The van der Waals surface area contributed by atoms with E-state index in [0.717, 1.165) is 44.4 Å². The third kappa shape index (κ3) is 8.50. The van der Waals surface area contributed by atoms with E-state index in [4.69, 9.17) is 4.74 Å². The fourth-order valence-electron chi connectivity index (χ4n) is 2.84. The molecule has 126 valence electrons. The largest absolute Gasteiger partial charge is 0.382 e. The summed E-state index contributed by atoms with van der Waals surface area (Å²) in [7, 11) is 1.84. The summed E-state index contributed by atoms with van der Waals surface area (Å²) in [6.07, 6.45) is 8.62. The highest BCUT2D eigenvalue weighted by Crippen LogP contribution is 2.40. The summed E-state index contributed by atoms with van der Waals surface area (Å²) >= 11 is 1.85. The Morgan fingerprint density at radius 2 is 2.00 bits per heavy atom. The van der Waals surface area contributed by atoms with Crippen LogP contribution in [0.5, 0.6) is 0 Å². The van der Waals surface area contributed by atoms with Crippen LogP contribution in [0.4, 0.5) is 0 Å². The third-order valence-electron chi connectivity index (χ3n) is 4.10. The van der Waals surface area contributed by atoms with E-state index in [0.29, 0.717) is 5.41 Å². The van der Waals surface area contributed by atoms with E-state index < -0.39 is 0 Å². The highest BCUT2D eigenvalue weighted by atomic mass is 127. The number of hydrogen-bond acceptors (Lipinski definition) is 3. The average molecular weight is 429 g/mol. The molecule has 0 unspecified atom stereocenters. The van der Waals surface area contributed by atoms with Crippen molar-refractivity contribution in [1.82, 2.24) is 10.6 Å². The summed E-state index contributed by atoms with van der Waals surface area (Å²) in [5, 5.41) is 6.88. The van der Waals surface area contributed by atoms with Crippen LogP contribution in [0.1, 0.15) is 39.0 Å². The normalized spacial score (nSPS) is 17.4. The van der Waals surface area contributed by atoms with Gasteiger partial charge in [-0.25, -0.2) is 0 Å². The molecule has 1 fully saturated rings. The molecule has 0 aromatic rings. The number of nitrogens with zero attached hydrogens (tertiary/aromatic N) is 1. The number of guanidine groups is 1. The van der Waals surface area contributed by atoms with Gasteiger partial charge in [0.15, 0.2) is 5.96 Å². The van der Waals surface area contributed by atoms with Crippen molar-refractivity contribution in [3.63, 3.8) is 0 Å². The molecule has 1 saturated carbocycles. The van der Waals surface area contributed by atoms with Crippen LogP contribution in [-0.4, -0.2) is 51.3 Å². The van der Waals surface area contributed by atoms with E-state index >= 15 is 0 Å². The zero-order valence-corrected chi connectivity index (χ0v) is 16.9. The Morgan fingerprint density at radius 3 is 2.57 bits per heavy atom. The van der Waals surface area contributed by atoms with Crippen molar-refractivity contribution in [2.24, 2.45) is 10.4 Å². The maximum atomic E-state index is 5.56. The number of aliphatic imine (C=N–C) groups is 1. The second-order valence-corrected chi connectivity index (χ2v) is 6.48. The first-order chi connectivity index (χ1) is 9.76. The molecule has 0 atom stereocenters. The molecule has 0 spiro atoms. The topological polar surface area (TPSA) is 45.6 Å². The Bertz CT molecular complexity index is 284. The molecule has 1 aliphatic carbocycles. The summed E-state index contributed by atoms with van der Waals surface area (Å²) in [4.78, 5) is 4.30. The predicted octanol–water partition coefficient (Wildman–Crippen LogP) is 3.12. The predicted molar refractivity (Wildman–Crippen MR) is 105 cm³/mol. The molecular weight excluding hydrogens is 397 g/mol. The number of ether oxygens (including phenoxy) is 1. The van der Waals surface area contributed by atoms with Crippen LogP contribution < -0.4 is 10.6 Å². The lowest BCUT2D eigenvalue weighted by atomic mass is 9.83. The standard InChI is InChI=1S/C15H31N3OS.HI/c1-4-19-11-9-15(7-5-6-8-15)13-18-14(16-2)17-10-12-20-3;/h4-13H2,1-3H3,(H2,16,17,18);1H. The molecule has 0 saturated heterocycles. The molecule has 0 radical (unpaired) electrons. The summed E-state index contributed by atoms with van der Waals surface area (Å²) in [6, 6.07) is 0. The minimum Gasteiger partial charge on any atom is -0.382 e. The number of halogens is 1. The van der Waals surface area contributed by atoms with Crippen molar-refractivity contribution >= 4 is 41.7 Å². The maximum absolute atomic E-state index is 5.56. The second-order valence-electron chi connectivity index (χ2n) is 5.50. The Kier molecular flexibility index (Phi) is 13.0. The first-order valence-corrected chi connectivity index (χ1v) is 9.17. The molecule has 1 rings (SSSR count). The zero-order valence-electron chi connectivity index (χ0n) is 13.7. The highest BCUT2D eigenvalue weighted by Gasteiger charge is 2.33. The molecule has 21 heavy (non-hydrogen) atoms. The summed E-state index contributed by atoms with van der Waals surface area (Å²) in [5.74, 6) is 2.04. The molecule has 0 aliphatic heterocycles. The first kappa shape index (κ1) is 21.3. The van der Waals surface area contributed by atoms with Gasteiger partial charge in [0, 0.05) is 39.1 Å². The van der Waals surface area contributed by atoms with Crippen molar-refractivity contribution in [1.29, 1.82) is 0 Å². The van der Waals surface area contributed by atoms with Crippen LogP contribution in [0.2, 0.25) is 0 Å². The van der Waals surface area contributed by atoms with Crippen molar-refractivity contribution in [3.05, 3.63) is 0 Å². The molecule has 0 heterocycles. The molecule has 0 amide bonds. The molecule has 0 aromatic carbocycles. The summed E-state index contributed by atoms with van der Waals surface area (Å²) in [6.45, 7) is 5.75. The third-order valence-corrected chi connectivity index (χ3v) is 4.71. The van der Waals surface area contributed by atoms with E-state index in [1.54, 1.807) is 0 Å². The van der Waals surface area contributed by atoms with Gasteiger partial charge in [-0.15, -0.1) is 24.0 Å². The van der Waals surface area contributed by atoms with Gasteiger partial charge in [-0.05, 0) is 37.9 Å². The number of hydrogen-bond donors (Lipinski definition) is 2. The van der Waals surface area contributed by atoms with Gasteiger partial charge in [-0.1, -0.05) is 12.8 Å². The van der Waals surface area contributed by atoms with Gasteiger partial charge in [0.2, 0.25) is 0 Å². The van der Waals surface area contributed by atoms with Gasteiger partial charge in [0.05, 0.1) is 0 Å². The van der Waals surface area contributed by atoms with Gasteiger partial charge in [0.25, 0.3) is 0 Å². The minimum absolute atomic E-state index is 0. The SMILES string of the molecule is CCOCCC1(CNC(=NC)NCCSC)CCCC1.I. The fraction of sp³-hybridized carbons (Fsp3) is 0.933. The quantitative estimate of drug-likeness (QED) is 0.256. The number of thioether (sulfide) groups is 1. The van der Waals surface area contributed by atoms with Crippen LogP contribution in [0, 0.1) is 5.41 Å². The van der Waals surface area contributed by atoms with E-state index in [-0.39, 0.29) is 24.0 Å². The van der Waals surface area contributed by atoms with Crippen LogP contribution in [-0.2, 0) is 4.74 Å². The van der Waals surface area contributed by atoms with Crippen LogP contribution >= 0.6 is 35.7 Å². The average Bonchev–Trinajstić information content (AvgIpc) is 2.92. The van der Waals surface area contributed by atoms with Gasteiger partial charge in [-0.3, -0.25) is 4.99 Å². The lowest BCUT2D eigenvalue weighted by Gasteiger charge is -2.30. The van der Waals surface area contributed by atoms with Gasteiger partial charge >= 0.3 is 0 Å². The van der Waals surface area contributed by atoms with E-state index in [9.17, 15) is 0 Å². The van der Waals surface area contributed by atoms with E-state index in [1.807, 2.05) is 18.8 Å². The van der Waals surface area contributed by atoms with Gasteiger partial charge in [-0.2, -0.15) is 11.8 Å². The lowest BCUT2D eigenvalue weighted by molar-refractivity contribution is 0.105. The summed E-state index contributed by atoms with van der Waals surface area (Å²) in [5.41, 5.74) is 0.409. The second kappa shape index (κ2) is 12.8. The smallest absolute Gasteiger partial charge is 0.191 e. The monoisotopic (exact) mass is 429 g/mol. The Morgan fingerprint density at radius 1 is 1.29 bits per heavy atom. The van der Waals surface area contributed by atoms with Gasteiger partial charge in [0.1, 0.15) is 0 Å². The number of rotatable bonds is 9. The van der Waals surface area contributed by atoms with Crippen molar-refractivity contribution in [2.75, 3.05) is 45.4 Å². The zero-order chi connectivity index (χ0) is 14.7. The maximum Gasteiger partial charge on any atom is 0.191 e. The van der Waals surface area contributed by atoms with Crippen LogP contribution in [0.3, 0.4) is 0 Å². The Labute approximate surface area is 151 Å². The van der Waals surface area contributed by atoms with Crippen molar-refractivity contribution in [3.8, 4) is 0 Å².